The van der Waals surface area contributed by atoms with Gasteiger partial charge in [-0.05, 0) is 69.7 Å². The van der Waals surface area contributed by atoms with Gasteiger partial charge in [-0.15, -0.1) is 5.10 Å². The Morgan fingerprint density at radius 2 is 1.54 bits per heavy atom. The van der Waals surface area contributed by atoms with Gasteiger partial charge in [0.1, 0.15) is 18.1 Å². The van der Waals surface area contributed by atoms with Crippen LogP contribution in [-0.4, -0.2) is 46.4 Å². The summed E-state index contributed by atoms with van der Waals surface area (Å²) in [6.45, 7) is 7.70. The van der Waals surface area contributed by atoms with Crippen molar-refractivity contribution in [2.45, 2.75) is 45.8 Å². The van der Waals surface area contributed by atoms with E-state index in [2.05, 4.69) is 15.6 Å². The minimum absolute atomic E-state index is 0.0660. The Bertz CT molecular complexity index is 1380. The Hall–Kier alpha value is -4.20. The second kappa shape index (κ2) is 10.4. The van der Waals surface area contributed by atoms with Crippen LogP contribution >= 0.6 is 0 Å². The molecular formula is C29H34N6O2. The van der Waals surface area contributed by atoms with Crippen LogP contribution in [0.15, 0.2) is 72.8 Å². The number of carbonyl (C=O) groups excluding carboxylic acids is 2. The molecule has 1 heterocycles. The smallest absolute Gasteiger partial charge is 0.249 e. The molecule has 0 radical (unpaired) electrons. The molecule has 1 N–H and O–H groups in total. The van der Waals surface area contributed by atoms with Crippen molar-refractivity contribution in [2.75, 3.05) is 23.9 Å². The van der Waals surface area contributed by atoms with Gasteiger partial charge in [0.05, 0.1) is 5.52 Å². The maximum atomic E-state index is 14.0. The van der Waals surface area contributed by atoms with Crippen LogP contribution in [0.3, 0.4) is 0 Å². The molecule has 8 nitrogen and oxygen atoms in total. The molecule has 3 aromatic carbocycles. The van der Waals surface area contributed by atoms with Gasteiger partial charge in [0.2, 0.25) is 11.8 Å². The Balaban J connectivity index is 1.81. The van der Waals surface area contributed by atoms with E-state index in [1.807, 2.05) is 119 Å². The van der Waals surface area contributed by atoms with Gasteiger partial charge in [0.15, 0.2) is 0 Å². The number of anilines is 2. The van der Waals surface area contributed by atoms with E-state index < -0.39 is 11.6 Å². The Kier molecular flexibility index (Phi) is 7.29. The number of hydrogen-bond donors (Lipinski definition) is 1. The molecule has 0 aliphatic rings. The summed E-state index contributed by atoms with van der Waals surface area (Å²) in [5, 5.41) is 11.5. The highest BCUT2D eigenvalue weighted by Crippen LogP contribution is 2.30. The first-order chi connectivity index (χ1) is 17.5. The van der Waals surface area contributed by atoms with E-state index in [4.69, 9.17) is 0 Å². The third-order valence-corrected chi connectivity index (χ3v) is 6.02. The molecule has 0 saturated carbocycles. The van der Waals surface area contributed by atoms with Crippen LogP contribution in [0.4, 0.5) is 11.4 Å². The number of benzene rings is 3. The topological polar surface area (TPSA) is 83.4 Å². The average molecular weight is 499 g/mol. The number of amides is 2. The molecule has 37 heavy (non-hydrogen) atoms. The molecule has 4 aromatic rings. The van der Waals surface area contributed by atoms with E-state index in [-0.39, 0.29) is 18.4 Å². The summed E-state index contributed by atoms with van der Waals surface area (Å²) >= 11 is 0. The molecule has 0 unspecified atom stereocenters. The second-order valence-corrected chi connectivity index (χ2v) is 10.5. The lowest BCUT2D eigenvalue weighted by Gasteiger charge is -2.34. The zero-order valence-electron chi connectivity index (χ0n) is 22.3. The molecule has 0 fully saturated rings. The largest absolute Gasteiger partial charge is 0.378 e. The lowest BCUT2D eigenvalue weighted by Crippen LogP contribution is -2.50. The number of rotatable bonds is 7. The van der Waals surface area contributed by atoms with Crippen LogP contribution in [0.25, 0.3) is 11.0 Å². The fraction of sp³-hybridized carbons (Fsp3) is 0.310. The Labute approximate surface area is 217 Å². The molecule has 1 aromatic heterocycles. The summed E-state index contributed by atoms with van der Waals surface area (Å²) in [6, 6.07) is 21.9. The highest BCUT2D eigenvalue weighted by Gasteiger charge is 2.34. The molecule has 4 rings (SSSR count). The predicted molar refractivity (Wildman–Crippen MR) is 148 cm³/mol. The lowest BCUT2D eigenvalue weighted by molar-refractivity contribution is -0.128. The minimum Gasteiger partial charge on any atom is -0.378 e. The van der Waals surface area contributed by atoms with Crippen molar-refractivity contribution in [2.24, 2.45) is 0 Å². The number of para-hydroxylation sites is 1. The number of nitrogens with one attached hydrogen (secondary N) is 1. The van der Waals surface area contributed by atoms with Crippen molar-refractivity contribution in [3.8, 4) is 0 Å². The van der Waals surface area contributed by atoms with Crippen LogP contribution in [-0.2, 0) is 16.1 Å². The van der Waals surface area contributed by atoms with E-state index in [0.717, 1.165) is 16.8 Å². The number of carbonyl (C=O) groups is 2. The van der Waals surface area contributed by atoms with Crippen molar-refractivity contribution < 1.29 is 9.59 Å². The van der Waals surface area contributed by atoms with Gasteiger partial charge in [-0.3, -0.25) is 14.5 Å². The molecule has 192 valence electrons. The van der Waals surface area contributed by atoms with Crippen LogP contribution in [0.2, 0.25) is 0 Å². The van der Waals surface area contributed by atoms with Crippen LogP contribution in [0.5, 0.6) is 0 Å². The Morgan fingerprint density at radius 1 is 0.919 bits per heavy atom. The molecule has 0 aliphatic carbocycles. The zero-order chi connectivity index (χ0) is 26.7. The standard InChI is InChI=1S/C29H34N6O2/c1-20-11-15-23(16-12-20)35(26(36)19-34-25-10-8-7-9-24(25)31-32-34)27(28(37)30-29(2,3)4)21-13-17-22(18-14-21)33(5)6/h7-18,27H,19H2,1-6H3,(H,30,37)/t27-/m1/s1. The van der Waals surface area contributed by atoms with Crippen LogP contribution in [0, 0.1) is 6.92 Å². The number of hydrogen-bond acceptors (Lipinski definition) is 5. The van der Waals surface area contributed by atoms with Crippen molar-refractivity contribution in [3.63, 3.8) is 0 Å². The SMILES string of the molecule is Cc1ccc(N(C(=O)Cn2nnc3ccccc32)[C@@H](C(=O)NC(C)(C)C)c2ccc(N(C)C)cc2)cc1. The lowest BCUT2D eigenvalue weighted by atomic mass is 10.00. The molecular weight excluding hydrogens is 464 g/mol. The molecule has 1 atom stereocenters. The molecule has 0 bridgehead atoms. The maximum Gasteiger partial charge on any atom is 0.249 e. The fourth-order valence-corrected chi connectivity index (χ4v) is 4.19. The first-order valence-electron chi connectivity index (χ1n) is 12.3. The quantitative estimate of drug-likeness (QED) is 0.406. The van der Waals surface area contributed by atoms with Crippen molar-refractivity contribution >= 4 is 34.2 Å². The second-order valence-electron chi connectivity index (χ2n) is 10.5. The van der Waals surface area contributed by atoms with E-state index in [9.17, 15) is 9.59 Å². The van der Waals surface area contributed by atoms with Crippen molar-refractivity contribution in [1.29, 1.82) is 0 Å². The van der Waals surface area contributed by atoms with Crippen molar-refractivity contribution in [3.05, 3.63) is 83.9 Å². The number of nitrogens with zero attached hydrogens (tertiary/aromatic N) is 5. The third kappa shape index (κ3) is 5.97. The summed E-state index contributed by atoms with van der Waals surface area (Å²) in [5.74, 6) is -0.535. The summed E-state index contributed by atoms with van der Waals surface area (Å²) in [7, 11) is 3.92. The van der Waals surface area contributed by atoms with Gasteiger partial charge < -0.3 is 10.2 Å². The van der Waals surface area contributed by atoms with Gasteiger partial charge in [-0.2, -0.15) is 0 Å². The summed E-state index contributed by atoms with van der Waals surface area (Å²) in [5.41, 5.74) is 4.38. The average Bonchev–Trinajstić information content (AvgIpc) is 3.25. The highest BCUT2D eigenvalue weighted by molar-refractivity contribution is 6.01. The van der Waals surface area contributed by atoms with Crippen molar-refractivity contribution in [1.82, 2.24) is 20.3 Å². The van der Waals surface area contributed by atoms with Crippen LogP contribution in [0.1, 0.15) is 37.9 Å². The van der Waals surface area contributed by atoms with Crippen LogP contribution < -0.4 is 15.1 Å². The number of aryl methyl sites for hydroxylation is 1. The normalized spacial score (nSPS) is 12.3. The fourth-order valence-electron chi connectivity index (χ4n) is 4.19. The van der Waals surface area contributed by atoms with Gasteiger partial charge in [0, 0.05) is 31.0 Å². The molecule has 8 heteroatoms. The van der Waals surface area contributed by atoms with Gasteiger partial charge in [-0.25, -0.2) is 4.68 Å². The summed E-state index contributed by atoms with van der Waals surface area (Å²) in [6.07, 6.45) is 0. The van der Waals surface area contributed by atoms with Gasteiger partial charge in [-0.1, -0.05) is 47.2 Å². The molecule has 2 amide bonds. The highest BCUT2D eigenvalue weighted by atomic mass is 16.2. The number of aromatic nitrogens is 3. The number of fused-ring (bicyclic) bond motifs is 1. The summed E-state index contributed by atoms with van der Waals surface area (Å²) in [4.78, 5) is 31.4. The third-order valence-electron chi connectivity index (χ3n) is 6.02. The molecule has 0 aliphatic heterocycles. The molecule has 0 saturated heterocycles. The first-order valence-corrected chi connectivity index (χ1v) is 12.3. The maximum absolute atomic E-state index is 14.0. The zero-order valence-corrected chi connectivity index (χ0v) is 22.3. The Morgan fingerprint density at radius 3 is 2.16 bits per heavy atom. The summed E-state index contributed by atoms with van der Waals surface area (Å²) < 4.78 is 1.58. The van der Waals surface area contributed by atoms with E-state index in [1.54, 1.807) is 9.58 Å². The molecule has 0 spiro atoms. The van der Waals surface area contributed by atoms with E-state index >= 15 is 0 Å². The first kappa shape index (κ1) is 25.9. The van der Waals surface area contributed by atoms with E-state index in [1.165, 1.54) is 0 Å². The monoisotopic (exact) mass is 498 g/mol. The minimum atomic E-state index is -0.888. The van der Waals surface area contributed by atoms with Gasteiger partial charge in [0.25, 0.3) is 0 Å². The van der Waals surface area contributed by atoms with Gasteiger partial charge >= 0.3 is 0 Å². The van der Waals surface area contributed by atoms with E-state index in [0.29, 0.717) is 16.8 Å². The predicted octanol–water partition coefficient (Wildman–Crippen LogP) is 4.49.